The molecule has 3 heteroatoms. The molecule has 2 N–H and O–H groups in total. The Bertz CT molecular complexity index is 544. The number of fused-ring (bicyclic) bond motifs is 1. The van der Waals surface area contributed by atoms with Gasteiger partial charge < -0.3 is 10.2 Å². The van der Waals surface area contributed by atoms with E-state index >= 15 is 0 Å². The van der Waals surface area contributed by atoms with Gasteiger partial charge in [-0.1, -0.05) is 24.3 Å². The summed E-state index contributed by atoms with van der Waals surface area (Å²) in [7, 11) is 0. The van der Waals surface area contributed by atoms with E-state index in [-0.39, 0.29) is 11.3 Å². The smallest absolute Gasteiger partial charge is 0.336 e. The standard InChI is InChI=1S/C12H10O3/c1-7-8-4-2-3-5-9(8)11(13)6-10(7)12(14)15/h2-6,13H,1H3,(H,14,15). The van der Waals surface area contributed by atoms with Crippen LogP contribution in [0.1, 0.15) is 15.9 Å². The number of benzene rings is 2. The highest BCUT2D eigenvalue weighted by molar-refractivity contribution is 6.00. The second-order valence-corrected chi connectivity index (χ2v) is 3.42. The van der Waals surface area contributed by atoms with Crippen LogP contribution in [0.3, 0.4) is 0 Å². The molecule has 0 radical (unpaired) electrons. The molecule has 0 heterocycles. The predicted octanol–water partition coefficient (Wildman–Crippen LogP) is 2.55. The van der Waals surface area contributed by atoms with Gasteiger partial charge in [-0.3, -0.25) is 0 Å². The van der Waals surface area contributed by atoms with E-state index in [1.165, 1.54) is 6.07 Å². The Morgan fingerprint density at radius 1 is 1.20 bits per heavy atom. The van der Waals surface area contributed by atoms with Gasteiger partial charge in [-0.2, -0.15) is 0 Å². The van der Waals surface area contributed by atoms with Crippen molar-refractivity contribution in [3.8, 4) is 5.75 Å². The molecule has 2 rings (SSSR count). The highest BCUT2D eigenvalue weighted by atomic mass is 16.4. The summed E-state index contributed by atoms with van der Waals surface area (Å²) in [5.74, 6) is -1.01. The molecule has 0 amide bonds. The van der Waals surface area contributed by atoms with Crippen LogP contribution in [0.5, 0.6) is 5.75 Å². The van der Waals surface area contributed by atoms with Gasteiger partial charge in [0.15, 0.2) is 0 Å². The van der Waals surface area contributed by atoms with Crippen molar-refractivity contribution in [2.24, 2.45) is 0 Å². The number of hydrogen-bond acceptors (Lipinski definition) is 2. The van der Waals surface area contributed by atoms with Gasteiger partial charge in [-0.25, -0.2) is 4.79 Å². The number of carboxylic acids is 1. The van der Waals surface area contributed by atoms with E-state index in [1.54, 1.807) is 19.1 Å². The molecular formula is C12H10O3. The van der Waals surface area contributed by atoms with Crippen LogP contribution in [0.2, 0.25) is 0 Å². The van der Waals surface area contributed by atoms with Gasteiger partial charge in [-0.15, -0.1) is 0 Å². The molecular weight excluding hydrogens is 192 g/mol. The van der Waals surface area contributed by atoms with Crippen molar-refractivity contribution in [3.05, 3.63) is 41.5 Å². The van der Waals surface area contributed by atoms with E-state index in [2.05, 4.69) is 0 Å². The molecule has 2 aromatic rings. The van der Waals surface area contributed by atoms with Crippen LogP contribution in [0.4, 0.5) is 0 Å². The minimum atomic E-state index is -1.02. The summed E-state index contributed by atoms with van der Waals surface area (Å²) in [6.45, 7) is 1.74. The lowest BCUT2D eigenvalue weighted by molar-refractivity contribution is 0.0696. The van der Waals surface area contributed by atoms with Gasteiger partial charge in [0.1, 0.15) is 5.75 Å². The van der Waals surface area contributed by atoms with Crippen molar-refractivity contribution in [2.45, 2.75) is 6.92 Å². The number of aryl methyl sites for hydroxylation is 1. The summed E-state index contributed by atoms with van der Waals surface area (Å²) in [6.07, 6.45) is 0. The number of carbonyl (C=O) groups is 1. The summed E-state index contributed by atoms with van der Waals surface area (Å²) < 4.78 is 0. The third-order valence-electron chi connectivity index (χ3n) is 2.52. The molecule has 76 valence electrons. The van der Waals surface area contributed by atoms with Crippen LogP contribution >= 0.6 is 0 Å². The first-order chi connectivity index (χ1) is 7.11. The number of carboxylic acid groups (broad SMARTS) is 1. The zero-order valence-corrected chi connectivity index (χ0v) is 8.19. The first-order valence-electron chi connectivity index (χ1n) is 4.56. The molecule has 0 bridgehead atoms. The molecule has 0 aromatic heterocycles. The Hall–Kier alpha value is -2.03. The first-order valence-corrected chi connectivity index (χ1v) is 4.56. The number of aromatic carboxylic acids is 1. The summed E-state index contributed by atoms with van der Waals surface area (Å²) in [4.78, 5) is 10.9. The summed E-state index contributed by atoms with van der Waals surface area (Å²) in [5, 5.41) is 20.1. The zero-order valence-electron chi connectivity index (χ0n) is 8.19. The van der Waals surface area contributed by atoms with Crippen LogP contribution in [-0.4, -0.2) is 16.2 Å². The quantitative estimate of drug-likeness (QED) is 0.747. The SMILES string of the molecule is Cc1c(C(=O)O)cc(O)c2ccccc12. The van der Waals surface area contributed by atoms with E-state index < -0.39 is 5.97 Å². The van der Waals surface area contributed by atoms with Gasteiger partial charge in [-0.05, 0) is 23.9 Å². The van der Waals surface area contributed by atoms with Crippen molar-refractivity contribution < 1.29 is 15.0 Å². The first kappa shape index (κ1) is 9.52. The summed E-state index contributed by atoms with van der Waals surface area (Å²) >= 11 is 0. The van der Waals surface area contributed by atoms with E-state index in [1.807, 2.05) is 12.1 Å². The monoisotopic (exact) mass is 202 g/mol. The van der Waals surface area contributed by atoms with E-state index in [4.69, 9.17) is 5.11 Å². The lowest BCUT2D eigenvalue weighted by Gasteiger charge is -2.07. The molecule has 0 aliphatic carbocycles. The Morgan fingerprint density at radius 3 is 2.40 bits per heavy atom. The molecule has 15 heavy (non-hydrogen) atoms. The number of phenolic OH excluding ortho intramolecular Hbond substituents is 1. The van der Waals surface area contributed by atoms with E-state index in [0.29, 0.717) is 10.9 Å². The fourth-order valence-corrected chi connectivity index (χ4v) is 1.72. The third-order valence-corrected chi connectivity index (χ3v) is 2.52. The Labute approximate surface area is 86.6 Å². The Balaban J connectivity index is 2.90. The van der Waals surface area contributed by atoms with Crippen LogP contribution < -0.4 is 0 Å². The number of rotatable bonds is 1. The highest BCUT2D eigenvalue weighted by Gasteiger charge is 2.12. The molecule has 0 spiro atoms. The predicted molar refractivity (Wildman–Crippen MR) is 57.3 cm³/mol. The van der Waals surface area contributed by atoms with E-state index in [9.17, 15) is 9.90 Å². The van der Waals surface area contributed by atoms with Gasteiger partial charge in [0.05, 0.1) is 5.56 Å². The Kier molecular flexibility index (Phi) is 2.08. The van der Waals surface area contributed by atoms with Gasteiger partial charge in [0.25, 0.3) is 0 Å². The third kappa shape index (κ3) is 1.42. The molecule has 0 aliphatic rings. The maximum absolute atomic E-state index is 10.9. The van der Waals surface area contributed by atoms with Crippen LogP contribution in [0.25, 0.3) is 10.8 Å². The number of aromatic hydroxyl groups is 1. The minimum Gasteiger partial charge on any atom is -0.507 e. The van der Waals surface area contributed by atoms with Crippen LogP contribution in [0.15, 0.2) is 30.3 Å². The second-order valence-electron chi connectivity index (χ2n) is 3.42. The average Bonchev–Trinajstić information content (AvgIpc) is 2.23. The van der Waals surface area contributed by atoms with Crippen molar-refractivity contribution in [2.75, 3.05) is 0 Å². The normalized spacial score (nSPS) is 10.5. The highest BCUT2D eigenvalue weighted by Crippen LogP contribution is 2.29. The van der Waals surface area contributed by atoms with Gasteiger partial charge in [0, 0.05) is 5.39 Å². The molecule has 0 fully saturated rings. The maximum Gasteiger partial charge on any atom is 0.336 e. The zero-order chi connectivity index (χ0) is 11.0. The molecule has 2 aromatic carbocycles. The molecule has 0 atom stereocenters. The lowest BCUT2D eigenvalue weighted by Crippen LogP contribution is -2.00. The average molecular weight is 202 g/mol. The van der Waals surface area contributed by atoms with Gasteiger partial charge >= 0.3 is 5.97 Å². The van der Waals surface area contributed by atoms with E-state index in [0.717, 1.165) is 5.39 Å². The van der Waals surface area contributed by atoms with Crippen LogP contribution in [-0.2, 0) is 0 Å². The summed E-state index contributed by atoms with van der Waals surface area (Å²) in [6, 6.07) is 8.49. The van der Waals surface area contributed by atoms with Crippen molar-refractivity contribution >= 4 is 16.7 Å². The fourth-order valence-electron chi connectivity index (χ4n) is 1.72. The fraction of sp³-hybridized carbons (Fsp3) is 0.0833. The minimum absolute atomic E-state index is 0.00796. The van der Waals surface area contributed by atoms with Gasteiger partial charge in [0.2, 0.25) is 0 Å². The Morgan fingerprint density at radius 2 is 1.80 bits per heavy atom. The number of hydrogen-bond donors (Lipinski definition) is 2. The molecule has 0 saturated carbocycles. The second kappa shape index (κ2) is 3.28. The molecule has 0 unspecified atom stereocenters. The topological polar surface area (TPSA) is 57.5 Å². The number of phenols is 1. The molecule has 0 aliphatic heterocycles. The van der Waals surface area contributed by atoms with Crippen molar-refractivity contribution in [1.29, 1.82) is 0 Å². The largest absolute Gasteiger partial charge is 0.507 e. The van der Waals surface area contributed by atoms with Crippen molar-refractivity contribution in [3.63, 3.8) is 0 Å². The molecule has 0 saturated heterocycles. The summed E-state index contributed by atoms with van der Waals surface area (Å²) in [5.41, 5.74) is 0.821. The van der Waals surface area contributed by atoms with Crippen LogP contribution in [0, 0.1) is 6.92 Å². The lowest BCUT2D eigenvalue weighted by atomic mass is 9.99. The maximum atomic E-state index is 10.9. The molecule has 3 nitrogen and oxygen atoms in total. The van der Waals surface area contributed by atoms with Crippen molar-refractivity contribution in [1.82, 2.24) is 0 Å².